The molecule has 0 aromatic carbocycles. The Balaban J connectivity index is 1.66. The van der Waals surface area contributed by atoms with Crippen LogP contribution in [0, 0.1) is 5.92 Å². The van der Waals surface area contributed by atoms with Gasteiger partial charge in [-0.25, -0.2) is 4.98 Å². The number of allylic oxidation sites excluding steroid dienone is 1. The number of aliphatic hydroxyl groups is 1. The van der Waals surface area contributed by atoms with E-state index in [-0.39, 0.29) is 29.7 Å². The zero-order chi connectivity index (χ0) is 21.5. The van der Waals surface area contributed by atoms with Crippen LogP contribution in [0.2, 0.25) is 5.02 Å². The molecule has 2 heterocycles. The number of carbonyl (C=O) groups is 2. The number of carbonyl (C=O) groups excluding carboxylic acids is 2. The van der Waals surface area contributed by atoms with E-state index in [1.807, 2.05) is 0 Å². The Hall–Kier alpha value is -2.19. The summed E-state index contributed by atoms with van der Waals surface area (Å²) in [7, 11) is 0. The monoisotopic (exact) mass is 435 g/mol. The van der Waals surface area contributed by atoms with Crippen LogP contribution in [-0.4, -0.2) is 63.4 Å². The molecule has 2 fully saturated rings. The number of aromatic nitrogens is 2. The van der Waals surface area contributed by atoms with Gasteiger partial charge in [-0.15, -0.1) is 0 Å². The number of amides is 1. The van der Waals surface area contributed by atoms with Crippen LogP contribution in [0.25, 0.3) is 0 Å². The number of rotatable bonds is 8. The third-order valence-corrected chi connectivity index (χ3v) is 6.19. The lowest BCUT2D eigenvalue weighted by molar-refractivity contribution is -0.135. The smallest absolute Gasteiger partial charge is 0.248 e. The largest absolute Gasteiger partial charge is 0.387 e. The van der Waals surface area contributed by atoms with Crippen molar-refractivity contribution in [3.63, 3.8) is 0 Å². The molecular weight excluding hydrogens is 406 g/mol. The third-order valence-electron chi connectivity index (χ3n) is 5.91. The van der Waals surface area contributed by atoms with Gasteiger partial charge in [0.15, 0.2) is 11.6 Å². The van der Waals surface area contributed by atoms with E-state index in [0.29, 0.717) is 36.3 Å². The summed E-state index contributed by atoms with van der Waals surface area (Å²) in [5.74, 6) is 1.02. The first-order valence-corrected chi connectivity index (χ1v) is 11.0. The predicted octanol–water partition coefficient (Wildman–Crippen LogP) is 2.64. The van der Waals surface area contributed by atoms with Crippen molar-refractivity contribution in [3.8, 4) is 0 Å². The molecule has 9 heteroatoms. The van der Waals surface area contributed by atoms with E-state index in [0.717, 1.165) is 38.5 Å². The number of likely N-dealkylation sites (tertiary alicyclic amines) is 1. The lowest BCUT2D eigenvalue weighted by atomic mass is 9.81. The zero-order valence-electron chi connectivity index (χ0n) is 17.1. The molecule has 0 spiro atoms. The minimum Gasteiger partial charge on any atom is -0.387 e. The summed E-state index contributed by atoms with van der Waals surface area (Å²) in [6, 6.07) is 0.131. The van der Waals surface area contributed by atoms with Crippen LogP contribution >= 0.6 is 11.6 Å². The zero-order valence-corrected chi connectivity index (χ0v) is 17.9. The Morgan fingerprint density at radius 2 is 2.07 bits per heavy atom. The fraction of sp³-hybridized carbons (Fsp3) is 0.619. The number of hydrogen-bond acceptors (Lipinski definition) is 7. The standard InChI is InChI=1S/C21H30ClN5O3/c1-2-16(29)10-14-6-3-4-8-18(14)25-20-17(22)11-23-21(26-20)24-15-7-5-9-27(12-15)19(30)13-28/h2,11,14-15,18,28H,1,3-10,12-13H2,(H2,23,24,25,26)/t14?,15-,18?/m0/s1. The predicted molar refractivity (Wildman–Crippen MR) is 117 cm³/mol. The Bertz CT molecular complexity index is 775. The van der Waals surface area contributed by atoms with Crippen LogP contribution in [-0.2, 0) is 9.59 Å². The van der Waals surface area contributed by atoms with Crippen molar-refractivity contribution in [1.82, 2.24) is 14.9 Å². The van der Waals surface area contributed by atoms with E-state index in [4.69, 9.17) is 16.7 Å². The molecule has 2 unspecified atom stereocenters. The van der Waals surface area contributed by atoms with Crippen molar-refractivity contribution in [2.24, 2.45) is 5.92 Å². The number of halogens is 1. The molecule has 1 aliphatic carbocycles. The topological polar surface area (TPSA) is 107 Å². The van der Waals surface area contributed by atoms with Gasteiger partial charge in [-0.3, -0.25) is 9.59 Å². The van der Waals surface area contributed by atoms with Gasteiger partial charge in [0.1, 0.15) is 11.6 Å². The summed E-state index contributed by atoms with van der Waals surface area (Å²) in [4.78, 5) is 34.1. The number of anilines is 2. The number of nitrogens with zero attached hydrogens (tertiary/aromatic N) is 3. The average Bonchev–Trinajstić information content (AvgIpc) is 2.76. The fourth-order valence-corrected chi connectivity index (χ4v) is 4.45. The van der Waals surface area contributed by atoms with E-state index in [1.165, 1.54) is 6.08 Å². The normalized spacial score (nSPS) is 24.2. The molecule has 2 aliphatic rings. The Morgan fingerprint density at radius 3 is 2.83 bits per heavy atom. The van der Waals surface area contributed by atoms with Crippen molar-refractivity contribution in [2.45, 2.75) is 57.0 Å². The van der Waals surface area contributed by atoms with Crippen LogP contribution in [0.15, 0.2) is 18.9 Å². The maximum absolute atomic E-state index is 11.9. The number of aliphatic hydroxyl groups excluding tert-OH is 1. The van der Waals surface area contributed by atoms with Crippen molar-refractivity contribution < 1.29 is 14.7 Å². The van der Waals surface area contributed by atoms with Crippen LogP contribution < -0.4 is 10.6 Å². The maximum Gasteiger partial charge on any atom is 0.248 e. The first-order valence-electron chi connectivity index (χ1n) is 10.6. The highest BCUT2D eigenvalue weighted by molar-refractivity contribution is 6.32. The van der Waals surface area contributed by atoms with Crippen LogP contribution in [0.4, 0.5) is 11.8 Å². The second-order valence-electron chi connectivity index (χ2n) is 8.04. The van der Waals surface area contributed by atoms with Crippen molar-refractivity contribution in [3.05, 3.63) is 23.9 Å². The number of ketones is 1. The van der Waals surface area contributed by atoms with Gasteiger partial charge in [-0.2, -0.15) is 4.98 Å². The van der Waals surface area contributed by atoms with Crippen LogP contribution in [0.3, 0.4) is 0 Å². The molecule has 1 amide bonds. The molecule has 1 aliphatic heterocycles. The Kier molecular flexibility index (Phi) is 8.04. The summed E-state index contributed by atoms with van der Waals surface area (Å²) >= 11 is 6.34. The van der Waals surface area contributed by atoms with E-state index in [1.54, 1.807) is 11.1 Å². The van der Waals surface area contributed by atoms with Gasteiger partial charge >= 0.3 is 0 Å². The number of hydrogen-bond donors (Lipinski definition) is 3. The van der Waals surface area contributed by atoms with Crippen molar-refractivity contribution >= 4 is 35.1 Å². The van der Waals surface area contributed by atoms with E-state index < -0.39 is 6.61 Å². The van der Waals surface area contributed by atoms with E-state index in [2.05, 4.69) is 27.2 Å². The minimum atomic E-state index is -0.477. The number of piperidine rings is 1. The second-order valence-corrected chi connectivity index (χ2v) is 8.45. The molecule has 8 nitrogen and oxygen atoms in total. The Labute approximate surface area is 182 Å². The quantitative estimate of drug-likeness (QED) is 0.538. The van der Waals surface area contributed by atoms with Gasteiger partial charge < -0.3 is 20.6 Å². The molecule has 3 atom stereocenters. The lowest BCUT2D eigenvalue weighted by Crippen LogP contribution is -2.46. The highest BCUT2D eigenvalue weighted by atomic mass is 35.5. The summed E-state index contributed by atoms with van der Waals surface area (Å²) < 4.78 is 0. The van der Waals surface area contributed by atoms with Crippen LogP contribution in [0.1, 0.15) is 44.9 Å². The molecule has 3 N–H and O–H groups in total. The third kappa shape index (κ3) is 5.92. The molecule has 0 bridgehead atoms. The summed E-state index contributed by atoms with van der Waals surface area (Å²) in [5, 5.41) is 16.2. The molecule has 1 aromatic heterocycles. The van der Waals surface area contributed by atoms with Gasteiger partial charge in [-0.1, -0.05) is 31.0 Å². The molecule has 30 heavy (non-hydrogen) atoms. The second kappa shape index (κ2) is 10.7. The SMILES string of the molecule is C=CC(=O)CC1CCCCC1Nc1nc(N[C@H]2CCCN(C(=O)CO)C2)ncc1Cl. The molecule has 164 valence electrons. The van der Waals surface area contributed by atoms with Gasteiger partial charge in [0.25, 0.3) is 0 Å². The highest BCUT2D eigenvalue weighted by Crippen LogP contribution is 2.31. The average molecular weight is 436 g/mol. The van der Waals surface area contributed by atoms with Crippen LogP contribution in [0.5, 0.6) is 0 Å². The number of nitrogens with one attached hydrogen (secondary N) is 2. The van der Waals surface area contributed by atoms with Gasteiger partial charge in [0.05, 0.1) is 6.20 Å². The van der Waals surface area contributed by atoms with Crippen molar-refractivity contribution in [1.29, 1.82) is 0 Å². The molecule has 3 rings (SSSR count). The minimum absolute atomic E-state index is 0.0101. The summed E-state index contributed by atoms with van der Waals surface area (Å²) in [5.41, 5.74) is 0. The molecule has 1 aromatic rings. The fourth-order valence-electron chi connectivity index (χ4n) is 4.30. The molecule has 1 saturated heterocycles. The molecule has 1 saturated carbocycles. The lowest BCUT2D eigenvalue weighted by Gasteiger charge is -2.33. The first kappa shape index (κ1) is 22.5. The Morgan fingerprint density at radius 1 is 1.27 bits per heavy atom. The highest BCUT2D eigenvalue weighted by Gasteiger charge is 2.28. The molecule has 0 radical (unpaired) electrons. The van der Waals surface area contributed by atoms with E-state index in [9.17, 15) is 9.59 Å². The molecular formula is C21H30ClN5O3. The van der Waals surface area contributed by atoms with Gasteiger partial charge in [-0.05, 0) is 37.7 Å². The first-order chi connectivity index (χ1) is 14.5. The van der Waals surface area contributed by atoms with E-state index >= 15 is 0 Å². The summed E-state index contributed by atoms with van der Waals surface area (Å²) in [6.45, 7) is 4.26. The van der Waals surface area contributed by atoms with Gasteiger partial charge in [0, 0.05) is 31.6 Å². The maximum atomic E-state index is 11.9. The summed E-state index contributed by atoms with van der Waals surface area (Å²) in [6.07, 6.45) is 9.32. The van der Waals surface area contributed by atoms with Gasteiger partial charge in [0.2, 0.25) is 11.9 Å². The van der Waals surface area contributed by atoms with Crippen molar-refractivity contribution in [2.75, 3.05) is 30.3 Å².